The Morgan fingerprint density at radius 3 is 2.42 bits per heavy atom. The van der Waals surface area contributed by atoms with Gasteiger partial charge in [-0.3, -0.25) is 0 Å². The van der Waals surface area contributed by atoms with Gasteiger partial charge in [-0.05, 0) is 22.0 Å². The van der Waals surface area contributed by atoms with Gasteiger partial charge in [0.2, 0.25) is 0 Å². The number of halogens is 4. The first-order valence-corrected chi connectivity index (χ1v) is 3.69. The van der Waals surface area contributed by atoms with Crippen LogP contribution in [-0.4, -0.2) is 4.98 Å². The minimum atomic E-state index is -4.39. The van der Waals surface area contributed by atoms with Crippen molar-refractivity contribution in [1.29, 1.82) is 0 Å². The summed E-state index contributed by atoms with van der Waals surface area (Å²) in [5.41, 5.74) is 4.34. The maximum atomic E-state index is 12.1. The van der Waals surface area contributed by atoms with E-state index < -0.39 is 11.7 Å². The zero-order valence-electron chi connectivity index (χ0n) is 5.69. The van der Waals surface area contributed by atoms with E-state index in [9.17, 15) is 13.2 Å². The van der Waals surface area contributed by atoms with Crippen molar-refractivity contribution in [3.05, 3.63) is 22.3 Å². The number of hydrogen-bond donors (Lipinski definition) is 1. The molecule has 12 heavy (non-hydrogen) atoms. The first-order valence-electron chi connectivity index (χ1n) is 2.89. The highest BCUT2D eigenvalue weighted by Gasteiger charge is 2.33. The summed E-state index contributed by atoms with van der Waals surface area (Å²) in [6.07, 6.45) is -3.70. The normalized spacial score (nSPS) is 11.7. The molecule has 0 aliphatic heterocycles. The van der Waals surface area contributed by atoms with Gasteiger partial charge in [-0.25, -0.2) is 4.98 Å². The Kier molecular flexibility index (Phi) is 2.27. The number of alkyl halides is 3. The summed E-state index contributed by atoms with van der Waals surface area (Å²) >= 11 is 2.74. The molecule has 0 atom stereocenters. The maximum absolute atomic E-state index is 12.1. The van der Waals surface area contributed by atoms with Crippen LogP contribution in [0.3, 0.4) is 0 Å². The number of nitrogens with zero attached hydrogens (tertiary/aromatic N) is 1. The molecule has 0 aliphatic carbocycles. The number of rotatable bonds is 0. The molecule has 0 amide bonds. The number of aromatic nitrogens is 1. The molecule has 2 N–H and O–H groups in total. The molecule has 66 valence electrons. The van der Waals surface area contributed by atoms with Crippen molar-refractivity contribution < 1.29 is 13.2 Å². The number of anilines is 1. The predicted octanol–water partition coefficient (Wildman–Crippen LogP) is 2.45. The largest absolute Gasteiger partial charge is 0.418 e. The Balaban J connectivity index is 3.19. The summed E-state index contributed by atoms with van der Waals surface area (Å²) < 4.78 is 36.1. The third-order valence-electron chi connectivity index (χ3n) is 1.18. The minimum absolute atomic E-state index is 0.0508. The van der Waals surface area contributed by atoms with Crippen LogP contribution in [0.1, 0.15) is 5.56 Å². The maximum Gasteiger partial charge on any atom is 0.418 e. The summed E-state index contributed by atoms with van der Waals surface area (Å²) in [4.78, 5) is 3.33. The molecule has 2 nitrogen and oxygen atoms in total. The van der Waals surface area contributed by atoms with Crippen molar-refractivity contribution in [3.63, 3.8) is 0 Å². The van der Waals surface area contributed by atoms with Gasteiger partial charge in [-0.1, -0.05) is 0 Å². The summed E-state index contributed by atoms with van der Waals surface area (Å²) in [6.45, 7) is 0. The van der Waals surface area contributed by atoms with E-state index >= 15 is 0 Å². The van der Waals surface area contributed by atoms with Crippen molar-refractivity contribution >= 4 is 21.7 Å². The van der Waals surface area contributed by atoms with E-state index in [0.717, 1.165) is 6.07 Å². The molecule has 0 saturated heterocycles. The second-order valence-electron chi connectivity index (χ2n) is 2.09. The molecule has 0 bridgehead atoms. The molecule has 1 aromatic heterocycles. The van der Waals surface area contributed by atoms with E-state index in [1.54, 1.807) is 0 Å². The van der Waals surface area contributed by atoms with E-state index in [0.29, 0.717) is 6.20 Å². The fraction of sp³-hybridized carbons (Fsp3) is 0.167. The lowest BCUT2D eigenvalue weighted by atomic mass is 10.3. The topological polar surface area (TPSA) is 38.9 Å². The average molecular weight is 241 g/mol. The lowest BCUT2D eigenvalue weighted by Gasteiger charge is -2.07. The highest BCUT2D eigenvalue weighted by atomic mass is 79.9. The Labute approximate surface area is 74.7 Å². The fourth-order valence-corrected chi connectivity index (χ4v) is 1.22. The highest BCUT2D eigenvalue weighted by Crippen LogP contribution is 2.34. The van der Waals surface area contributed by atoms with Gasteiger partial charge in [0, 0.05) is 10.7 Å². The number of nitrogen functional groups attached to an aromatic ring is 1. The molecular formula is C6H4BrF3N2. The van der Waals surface area contributed by atoms with Crippen LogP contribution in [0.4, 0.5) is 19.0 Å². The summed E-state index contributed by atoms with van der Waals surface area (Å²) in [5.74, 6) is 0.0508. The van der Waals surface area contributed by atoms with Gasteiger partial charge in [-0.15, -0.1) is 0 Å². The SMILES string of the molecule is Nc1cc(Br)c(C(F)(F)F)cn1. The molecule has 6 heteroatoms. The molecule has 0 saturated carbocycles. The van der Waals surface area contributed by atoms with Gasteiger partial charge >= 0.3 is 6.18 Å². The van der Waals surface area contributed by atoms with Gasteiger partial charge in [0.15, 0.2) is 0 Å². The lowest BCUT2D eigenvalue weighted by molar-refractivity contribution is -0.138. The van der Waals surface area contributed by atoms with Crippen molar-refractivity contribution in [1.82, 2.24) is 4.98 Å². The van der Waals surface area contributed by atoms with Crippen LogP contribution in [0.25, 0.3) is 0 Å². The summed E-state index contributed by atoms with van der Waals surface area (Å²) in [5, 5.41) is 0. The first-order chi connectivity index (χ1) is 5.41. The zero-order valence-corrected chi connectivity index (χ0v) is 7.28. The Hall–Kier alpha value is -0.780. The van der Waals surface area contributed by atoms with Crippen LogP contribution in [-0.2, 0) is 6.18 Å². The van der Waals surface area contributed by atoms with E-state index in [2.05, 4.69) is 20.9 Å². The van der Waals surface area contributed by atoms with Gasteiger partial charge < -0.3 is 5.73 Å². The molecule has 1 heterocycles. The third-order valence-corrected chi connectivity index (χ3v) is 1.84. The van der Waals surface area contributed by atoms with Crippen molar-refractivity contribution in [2.75, 3.05) is 5.73 Å². The zero-order chi connectivity index (χ0) is 9.35. The molecule has 0 aliphatic rings. The molecule has 1 rings (SSSR count). The predicted molar refractivity (Wildman–Crippen MR) is 41.4 cm³/mol. The average Bonchev–Trinajstić information content (AvgIpc) is 1.83. The van der Waals surface area contributed by atoms with Crippen LogP contribution in [0.15, 0.2) is 16.7 Å². The third kappa shape index (κ3) is 1.88. The number of pyridine rings is 1. The van der Waals surface area contributed by atoms with Crippen LogP contribution in [0, 0.1) is 0 Å². The van der Waals surface area contributed by atoms with Gasteiger partial charge in [-0.2, -0.15) is 13.2 Å². The van der Waals surface area contributed by atoms with Gasteiger partial charge in [0.05, 0.1) is 5.56 Å². The second kappa shape index (κ2) is 2.93. The Bertz CT molecular complexity index is 297. The van der Waals surface area contributed by atoms with E-state index in [1.165, 1.54) is 0 Å². The minimum Gasteiger partial charge on any atom is -0.384 e. The fourth-order valence-electron chi connectivity index (χ4n) is 0.654. The van der Waals surface area contributed by atoms with Crippen molar-refractivity contribution in [2.45, 2.75) is 6.18 Å². The van der Waals surface area contributed by atoms with Crippen LogP contribution >= 0.6 is 15.9 Å². The summed E-state index contributed by atoms with van der Waals surface area (Å²) in [6, 6.07) is 1.11. The molecular weight excluding hydrogens is 237 g/mol. The Morgan fingerprint density at radius 2 is 2.00 bits per heavy atom. The van der Waals surface area contributed by atoms with Crippen LogP contribution < -0.4 is 5.73 Å². The van der Waals surface area contributed by atoms with Gasteiger partial charge in [0.1, 0.15) is 5.82 Å². The molecule has 0 spiro atoms. The Morgan fingerprint density at radius 1 is 1.42 bits per heavy atom. The van der Waals surface area contributed by atoms with E-state index in [4.69, 9.17) is 5.73 Å². The summed E-state index contributed by atoms with van der Waals surface area (Å²) in [7, 11) is 0. The molecule has 0 fully saturated rings. The molecule has 1 aromatic rings. The van der Waals surface area contributed by atoms with Crippen molar-refractivity contribution in [2.24, 2.45) is 0 Å². The first kappa shape index (κ1) is 9.31. The monoisotopic (exact) mass is 240 g/mol. The second-order valence-corrected chi connectivity index (χ2v) is 2.94. The smallest absolute Gasteiger partial charge is 0.384 e. The van der Waals surface area contributed by atoms with E-state index in [-0.39, 0.29) is 10.3 Å². The standard InChI is InChI=1S/C6H4BrF3N2/c7-4-1-5(11)12-2-3(4)6(8,9)10/h1-2H,(H2,11,12). The highest BCUT2D eigenvalue weighted by molar-refractivity contribution is 9.10. The van der Waals surface area contributed by atoms with Crippen molar-refractivity contribution in [3.8, 4) is 0 Å². The number of hydrogen-bond acceptors (Lipinski definition) is 2. The van der Waals surface area contributed by atoms with Crippen LogP contribution in [0.5, 0.6) is 0 Å². The van der Waals surface area contributed by atoms with E-state index in [1.807, 2.05) is 0 Å². The van der Waals surface area contributed by atoms with Crippen LogP contribution in [0.2, 0.25) is 0 Å². The molecule has 0 aromatic carbocycles. The molecule has 0 unspecified atom stereocenters. The quantitative estimate of drug-likeness (QED) is 0.757. The van der Waals surface area contributed by atoms with Gasteiger partial charge in [0.25, 0.3) is 0 Å². The molecule has 0 radical (unpaired) electrons. The lowest BCUT2D eigenvalue weighted by Crippen LogP contribution is -2.07. The number of nitrogens with two attached hydrogens (primary N) is 1.